The van der Waals surface area contributed by atoms with Crippen molar-refractivity contribution in [1.29, 1.82) is 0 Å². The topological polar surface area (TPSA) is 94.4 Å². The van der Waals surface area contributed by atoms with Crippen molar-refractivity contribution >= 4 is 22.6 Å². The fourth-order valence-electron chi connectivity index (χ4n) is 4.12. The molecular formula is C24H26N4O4. The molecule has 8 nitrogen and oxygen atoms in total. The zero-order valence-electron chi connectivity index (χ0n) is 18.1. The number of carbonyl (C=O) groups is 2. The van der Waals surface area contributed by atoms with E-state index < -0.39 is 0 Å². The number of ether oxygens (including phenoxy) is 1. The summed E-state index contributed by atoms with van der Waals surface area (Å²) in [6.45, 7) is 2.79. The lowest BCUT2D eigenvalue weighted by molar-refractivity contribution is -0.151. The summed E-state index contributed by atoms with van der Waals surface area (Å²) < 4.78 is 6.36. The summed E-state index contributed by atoms with van der Waals surface area (Å²) in [7, 11) is 0. The number of rotatable bonds is 6. The average Bonchev–Trinajstić information content (AvgIpc) is 2.83. The number of fused-ring (bicyclic) bond motifs is 1. The van der Waals surface area contributed by atoms with E-state index in [0.717, 1.165) is 23.1 Å². The predicted molar refractivity (Wildman–Crippen MR) is 119 cm³/mol. The molecule has 1 fully saturated rings. The van der Waals surface area contributed by atoms with Gasteiger partial charge >= 0.3 is 5.97 Å². The van der Waals surface area contributed by atoms with Crippen LogP contribution in [0, 0.1) is 5.92 Å². The Bertz CT molecular complexity index is 1180. The van der Waals surface area contributed by atoms with E-state index in [-0.39, 0.29) is 29.9 Å². The molecule has 0 radical (unpaired) electrons. The maximum atomic E-state index is 13.1. The molecule has 1 atom stereocenters. The minimum absolute atomic E-state index is 0.164. The second-order valence-electron chi connectivity index (χ2n) is 7.92. The standard InChI is InChI=1S/C24H26N4O4/c1-2-32-24(31)18-6-5-13-27(15-18)22(29)16-28-23(30)20-8-4-3-7-19(20)21(26-28)14-17-9-11-25-12-10-17/h3-4,7-12,18H,2,5-6,13-16H2,1H3/t18-/m1/s1. The van der Waals surface area contributed by atoms with Crippen LogP contribution in [0.1, 0.15) is 31.0 Å². The van der Waals surface area contributed by atoms with Crippen LogP contribution in [-0.2, 0) is 27.3 Å². The summed E-state index contributed by atoms with van der Waals surface area (Å²) in [6.07, 6.45) is 5.38. The van der Waals surface area contributed by atoms with Gasteiger partial charge in [0.05, 0.1) is 23.6 Å². The molecule has 0 spiro atoms. The van der Waals surface area contributed by atoms with Gasteiger partial charge in [-0.1, -0.05) is 18.2 Å². The van der Waals surface area contributed by atoms with Crippen LogP contribution in [0.2, 0.25) is 0 Å². The maximum absolute atomic E-state index is 13.1. The molecule has 0 saturated carbocycles. The number of nitrogens with zero attached hydrogens (tertiary/aromatic N) is 4. The van der Waals surface area contributed by atoms with Gasteiger partial charge in [-0.05, 0) is 43.5 Å². The Balaban J connectivity index is 1.60. The molecule has 3 aromatic rings. The Morgan fingerprint density at radius 3 is 2.62 bits per heavy atom. The van der Waals surface area contributed by atoms with E-state index in [1.54, 1.807) is 36.4 Å². The first-order chi connectivity index (χ1) is 15.6. The summed E-state index contributed by atoms with van der Waals surface area (Å²) in [5.41, 5.74) is 1.44. The number of hydrogen-bond acceptors (Lipinski definition) is 6. The first-order valence-corrected chi connectivity index (χ1v) is 10.9. The van der Waals surface area contributed by atoms with Crippen molar-refractivity contribution in [1.82, 2.24) is 19.7 Å². The summed E-state index contributed by atoms with van der Waals surface area (Å²) in [5, 5.41) is 5.86. The first kappa shape index (κ1) is 21.7. The van der Waals surface area contributed by atoms with Crippen LogP contribution < -0.4 is 5.56 Å². The monoisotopic (exact) mass is 434 g/mol. The Labute approximate surface area is 185 Å². The van der Waals surface area contributed by atoms with E-state index >= 15 is 0 Å². The van der Waals surface area contributed by atoms with Gasteiger partial charge in [0.1, 0.15) is 6.54 Å². The number of amides is 1. The maximum Gasteiger partial charge on any atom is 0.310 e. The fraction of sp³-hybridized carbons (Fsp3) is 0.375. The van der Waals surface area contributed by atoms with Crippen LogP contribution in [-0.4, -0.2) is 51.2 Å². The highest BCUT2D eigenvalue weighted by atomic mass is 16.5. The third-order valence-electron chi connectivity index (χ3n) is 5.74. The van der Waals surface area contributed by atoms with Gasteiger partial charge in [-0.15, -0.1) is 0 Å². The number of aromatic nitrogens is 3. The minimum atomic E-state index is -0.323. The Morgan fingerprint density at radius 2 is 1.88 bits per heavy atom. The SMILES string of the molecule is CCOC(=O)[C@@H]1CCCN(C(=O)Cn2nc(Cc3ccncc3)c3ccccc3c2=O)C1. The van der Waals surface area contributed by atoms with E-state index in [2.05, 4.69) is 10.1 Å². The van der Waals surface area contributed by atoms with Crippen molar-refractivity contribution in [3.05, 3.63) is 70.4 Å². The Morgan fingerprint density at radius 1 is 1.12 bits per heavy atom. The highest BCUT2D eigenvalue weighted by Crippen LogP contribution is 2.19. The smallest absolute Gasteiger partial charge is 0.310 e. The zero-order valence-corrected chi connectivity index (χ0v) is 18.1. The summed E-state index contributed by atoms with van der Waals surface area (Å²) in [6, 6.07) is 11.1. The van der Waals surface area contributed by atoms with Crippen molar-refractivity contribution < 1.29 is 14.3 Å². The molecule has 3 heterocycles. The molecule has 0 unspecified atom stereocenters. The van der Waals surface area contributed by atoms with Gasteiger partial charge in [0, 0.05) is 37.3 Å². The highest BCUT2D eigenvalue weighted by molar-refractivity contribution is 5.84. The molecule has 0 N–H and O–H groups in total. The van der Waals surface area contributed by atoms with Crippen LogP contribution in [0.15, 0.2) is 53.6 Å². The largest absolute Gasteiger partial charge is 0.466 e. The van der Waals surface area contributed by atoms with Gasteiger partial charge in [0.2, 0.25) is 5.91 Å². The van der Waals surface area contributed by atoms with Crippen molar-refractivity contribution in [2.24, 2.45) is 5.92 Å². The molecule has 4 rings (SSSR count). The first-order valence-electron chi connectivity index (χ1n) is 10.9. The molecule has 32 heavy (non-hydrogen) atoms. The van der Waals surface area contributed by atoms with Gasteiger partial charge in [0.25, 0.3) is 5.56 Å². The van der Waals surface area contributed by atoms with Crippen molar-refractivity contribution in [2.75, 3.05) is 19.7 Å². The lowest BCUT2D eigenvalue weighted by Gasteiger charge is -2.31. The number of esters is 1. The molecule has 8 heteroatoms. The number of pyridine rings is 1. The van der Waals surface area contributed by atoms with E-state index in [0.29, 0.717) is 37.9 Å². The van der Waals surface area contributed by atoms with Gasteiger partial charge in [-0.25, -0.2) is 4.68 Å². The lowest BCUT2D eigenvalue weighted by atomic mass is 9.98. The molecule has 1 amide bonds. The number of piperidine rings is 1. The lowest BCUT2D eigenvalue weighted by Crippen LogP contribution is -2.45. The summed E-state index contributed by atoms with van der Waals surface area (Å²) in [4.78, 5) is 43.9. The molecular weight excluding hydrogens is 408 g/mol. The van der Waals surface area contributed by atoms with Gasteiger partial charge in [-0.3, -0.25) is 19.4 Å². The van der Waals surface area contributed by atoms with Crippen LogP contribution in [0.3, 0.4) is 0 Å². The zero-order chi connectivity index (χ0) is 22.5. The van der Waals surface area contributed by atoms with E-state index in [9.17, 15) is 14.4 Å². The van der Waals surface area contributed by atoms with Crippen molar-refractivity contribution in [3.63, 3.8) is 0 Å². The molecule has 2 aromatic heterocycles. The third kappa shape index (κ3) is 4.69. The third-order valence-corrected chi connectivity index (χ3v) is 5.74. The Hall–Kier alpha value is -3.55. The van der Waals surface area contributed by atoms with E-state index in [1.165, 1.54) is 4.68 Å². The van der Waals surface area contributed by atoms with Crippen molar-refractivity contribution in [3.8, 4) is 0 Å². The molecule has 1 saturated heterocycles. The quantitative estimate of drug-likeness (QED) is 0.552. The molecule has 0 bridgehead atoms. The van der Waals surface area contributed by atoms with Gasteiger partial charge in [-0.2, -0.15) is 5.10 Å². The number of carbonyl (C=O) groups excluding carboxylic acids is 2. The Kier molecular flexibility index (Phi) is 6.58. The van der Waals surface area contributed by atoms with Crippen molar-refractivity contribution in [2.45, 2.75) is 32.7 Å². The molecule has 1 aliphatic heterocycles. The number of likely N-dealkylation sites (tertiary alicyclic amines) is 1. The van der Waals surface area contributed by atoms with Crippen LogP contribution in [0.25, 0.3) is 10.8 Å². The summed E-state index contributed by atoms with van der Waals surface area (Å²) >= 11 is 0. The number of hydrogen-bond donors (Lipinski definition) is 0. The van der Waals surface area contributed by atoms with Crippen LogP contribution in [0.5, 0.6) is 0 Å². The summed E-state index contributed by atoms with van der Waals surface area (Å²) in [5.74, 6) is -0.819. The van der Waals surface area contributed by atoms with Gasteiger partial charge in [0.15, 0.2) is 0 Å². The molecule has 1 aliphatic rings. The normalized spacial score (nSPS) is 16.2. The van der Waals surface area contributed by atoms with Crippen LogP contribution >= 0.6 is 0 Å². The average molecular weight is 434 g/mol. The molecule has 166 valence electrons. The van der Waals surface area contributed by atoms with Crippen LogP contribution in [0.4, 0.5) is 0 Å². The van der Waals surface area contributed by atoms with Gasteiger partial charge < -0.3 is 9.64 Å². The fourth-order valence-corrected chi connectivity index (χ4v) is 4.12. The number of benzene rings is 1. The molecule has 0 aliphatic carbocycles. The second-order valence-corrected chi connectivity index (χ2v) is 7.92. The minimum Gasteiger partial charge on any atom is -0.466 e. The predicted octanol–water partition coefficient (Wildman–Crippen LogP) is 2.18. The second kappa shape index (κ2) is 9.72. The highest BCUT2D eigenvalue weighted by Gasteiger charge is 2.29. The van der Waals surface area contributed by atoms with E-state index in [1.807, 2.05) is 24.3 Å². The molecule has 1 aromatic carbocycles. The van der Waals surface area contributed by atoms with E-state index in [4.69, 9.17) is 4.74 Å².